The van der Waals surface area contributed by atoms with Crippen LogP contribution in [0.1, 0.15) is 16.8 Å². The molecule has 0 radical (unpaired) electrons. The van der Waals surface area contributed by atoms with Crippen LogP contribution in [-0.2, 0) is 19.9 Å². The van der Waals surface area contributed by atoms with Gasteiger partial charge in [0.15, 0.2) is 0 Å². The Morgan fingerprint density at radius 2 is 1.95 bits per heavy atom. The molecule has 0 fully saturated rings. The molecule has 0 bridgehead atoms. The van der Waals surface area contributed by atoms with Gasteiger partial charge in [-0.25, -0.2) is 0 Å². The van der Waals surface area contributed by atoms with Gasteiger partial charge in [-0.2, -0.15) is 5.10 Å². The van der Waals surface area contributed by atoms with Crippen molar-refractivity contribution < 1.29 is 0 Å². The molecule has 2 aromatic rings. The smallest absolute Gasteiger partial charge is 0.130 e. The summed E-state index contributed by atoms with van der Waals surface area (Å²) in [5.74, 6) is 0.440. The van der Waals surface area contributed by atoms with Gasteiger partial charge in [-0.1, -0.05) is 57.3 Å². The number of alkyl halides is 1. The Balaban J connectivity index is 2.15. The van der Waals surface area contributed by atoms with Crippen molar-refractivity contribution in [3.05, 3.63) is 51.3 Å². The first-order valence-corrected chi connectivity index (χ1v) is 8.38. The van der Waals surface area contributed by atoms with Gasteiger partial charge >= 0.3 is 0 Å². The van der Waals surface area contributed by atoms with Crippen molar-refractivity contribution in [3.63, 3.8) is 0 Å². The second-order valence-electron chi connectivity index (χ2n) is 5.00. The maximum absolute atomic E-state index is 6.31. The van der Waals surface area contributed by atoms with Crippen molar-refractivity contribution in [2.75, 3.05) is 5.33 Å². The van der Waals surface area contributed by atoms with Gasteiger partial charge in [0.05, 0.1) is 5.69 Å². The molecule has 108 valence electrons. The first-order chi connectivity index (χ1) is 9.52. The Bertz CT molecular complexity index is 596. The highest BCUT2D eigenvalue weighted by molar-refractivity contribution is 9.09. The zero-order valence-corrected chi connectivity index (χ0v) is 14.6. The van der Waals surface area contributed by atoms with Gasteiger partial charge in [-0.3, -0.25) is 4.68 Å². The number of hydrogen-bond acceptors (Lipinski definition) is 1. The standard InChI is InChI=1S/C15H17BrCl2N2/c1-10-13(15(18)20(2)19-10)8-11(9-16)7-12-5-3-4-6-14(12)17/h3-6,11H,7-9H2,1-2H3. The normalized spacial score (nSPS) is 12.7. The van der Waals surface area contributed by atoms with E-state index >= 15 is 0 Å². The van der Waals surface area contributed by atoms with E-state index in [0.29, 0.717) is 5.92 Å². The Morgan fingerprint density at radius 1 is 1.25 bits per heavy atom. The summed E-state index contributed by atoms with van der Waals surface area (Å²) < 4.78 is 1.73. The molecular weight excluding hydrogens is 359 g/mol. The van der Waals surface area contributed by atoms with E-state index in [-0.39, 0.29) is 0 Å². The van der Waals surface area contributed by atoms with E-state index in [2.05, 4.69) is 27.1 Å². The van der Waals surface area contributed by atoms with E-state index in [9.17, 15) is 0 Å². The maximum Gasteiger partial charge on any atom is 0.130 e. The predicted octanol–water partition coefficient (Wildman–Crippen LogP) is 4.83. The van der Waals surface area contributed by atoms with Gasteiger partial charge in [0.25, 0.3) is 0 Å². The van der Waals surface area contributed by atoms with E-state index in [1.54, 1.807) is 4.68 Å². The van der Waals surface area contributed by atoms with Crippen LogP contribution in [0, 0.1) is 12.8 Å². The lowest BCUT2D eigenvalue weighted by molar-refractivity contribution is 0.589. The van der Waals surface area contributed by atoms with E-state index in [1.807, 2.05) is 32.2 Å². The van der Waals surface area contributed by atoms with Crippen LogP contribution in [-0.4, -0.2) is 15.1 Å². The molecule has 0 aliphatic rings. The Hall–Kier alpha value is -0.510. The molecule has 1 aromatic heterocycles. The van der Waals surface area contributed by atoms with Gasteiger partial charge in [0.1, 0.15) is 5.15 Å². The first-order valence-electron chi connectivity index (χ1n) is 6.50. The highest BCUT2D eigenvalue weighted by Gasteiger charge is 2.17. The average Bonchev–Trinajstić information content (AvgIpc) is 2.66. The van der Waals surface area contributed by atoms with Crippen molar-refractivity contribution >= 4 is 39.1 Å². The number of hydrogen-bond donors (Lipinski definition) is 0. The SMILES string of the molecule is Cc1nn(C)c(Cl)c1CC(CBr)Cc1ccccc1Cl. The molecule has 0 aliphatic carbocycles. The lowest BCUT2D eigenvalue weighted by Crippen LogP contribution is -2.11. The second-order valence-corrected chi connectivity index (χ2v) is 6.41. The predicted molar refractivity (Wildman–Crippen MR) is 89.1 cm³/mol. The van der Waals surface area contributed by atoms with Crippen LogP contribution in [0.2, 0.25) is 10.2 Å². The minimum atomic E-state index is 0.440. The number of benzene rings is 1. The number of aryl methyl sites for hydroxylation is 2. The van der Waals surface area contributed by atoms with Gasteiger partial charge in [0, 0.05) is 23.0 Å². The summed E-state index contributed by atoms with van der Waals surface area (Å²) in [5.41, 5.74) is 3.31. The molecule has 0 saturated heterocycles. The van der Waals surface area contributed by atoms with E-state index in [4.69, 9.17) is 23.2 Å². The molecule has 0 aliphatic heterocycles. The molecule has 0 saturated carbocycles. The Kier molecular flexibility index (Phi) is 5.53. The molecule has 1 unspecified atom stereocenters. The van der Waals surface area contributed by atoms with Crippen molar-refractivity contribution in [3.8, 4) is 0 Å². The van der Waals surface area contributed by atoms with Crippen LogP contribution in [0.15, 0.2) is 24.3 Å². The molecule has 2 nitrogen and oxygen atoms in total. The van der Waals surface area contributed by atoms with Crippen molar-refractivity contribution in [1.82, 2.24) is 9.78 Å². The lowest BCUT2D eigenvalue weighted by atomic mass is 9.94. The topological polar surface area (TPSA) is 17.8 Å². The summed E-state index contributed by atoms with van der Waals surface area (Å²) in [6.45, 7) is 2.00. The largest absolute Gasteiger partial charge is 0.257 e. The number of nitrogens with zero attached hydrogens (tertiary/aromatic N) is 2. The van der Waals surface area contributed by atoms with Crippen LogP contribution in [0.4, 0.5) is 0 Å². The Morgan fingerprint density at radius 3 is 2.50 bits per heavy atom. The first kappa shape index (κ1) is 15.9. The fraction of sp³-hybridized carbons (Fsp3) is 0.400. The van der Waals surface area contributed by atoms with Gasteiger partial charge in [0.2, 0.25) is 0 Å². The molecule has 20 heavy (non-hydrogen) atoms. The minimum absolute atomic E-state index is 0.440. The van der Waals surface area contributed by atoms with Crippen molar-refractivity contribution in [1.29, 1.82) is 0 Å². The number of aromatic nitrogens is 2. The summed E-state index contributed by atoms with van der Waals surface area (Å²) in [7, 11) is 1.87. The van der Waals surface area contributed by atoms with Crippen LogP contribution in [0.3, 0.4) is 0 Å². The van der Waals surface area contributed by atoms with E-state index in [0.717, 1.165) is 39.6 Å². The van der Waals surface area contributed by atoms with Gasteiger partial charge in [-0.15, -0.1) is 0 Å². The van der Waals surface area contributed by atoms with Crippen LogP contribution >= 0.6 is 39.1 Å². The van der Waals surface area contributed by atoms with Crippen molar-refractivity contribution in [2.24, 2.45) is 13.0 Å². The monoisotopic (exact) mass is 374 g/mol. The zero-order valence-electron chi connectivity index (χ0n) is 11.5. The molecule has 0 spiro atoms. The maximum atomic E-state index is 6.31. The second kappa shape index (κ2) is 6.97. The van der Waals surface area contributed by atoms with Crippen LogP contribution in [0.25, 0.3) is 0 Å². The molecule has 5 heteroatoms. The van der Waals surface area contributed by atoms with E-state index in [1.165, 1.54) is 5.56 Å². The summed E-state index contributed by atoms with van der Waals surface area (Å²) in [4.78, 5) is 0. The summed E-state index contributed by atoms with van der Waals surface area (Å²) in [6.07, 6.45) is 1.82. The molecule has 1 atom stereocenters. The van der Waals surface area contributed by atoms with Gasteiger partial charge in [-0.05, 0) is 37.3 Å². The summed E-state index contributed by atoms with van der Waals surface area (Å²) in [6, 6.07) is 7.99. The molecular formula is C15H17BrCl2N2. The molecule has 0 amide bonds. The van der Waals surface area contributed by atoms with E-state index < -0.39 is 0 Å². The number of rotatable bonds is 5. The quantitative estimate of drug-likeness (QED) is 0.684. The summed E-state index contributed by atoms with van der Waals surface area (Å²) in [5, 5.41) is 6.83. The fourth-order valence-electron chi connectivity index (χ4n) is 2.35. The third kappa shape index (κ3) is 3.57. The Labute approximate surface area is 138 Å². The van der Waals surface area contributed by atoms with Crippen LogP contribution in [0.5, 0.6) is 0 Å². The molecule has 1 aromatic carbocycles. The zero-order chi connectivity index (χ0) is 14.7. The number of halogens is 3. The molecule has 0 N–H and O–H groups in total. The third-order valence-corrected chi connectivity index (χ3v) is 5.20. The highest BCUT2D eigenvalue weighted by atomic mass is 79.9. The van der Waals surface area contributed by atoms with Crippen LogP contribution < -0.4 is 0 Å². The molecule has 2 rings (SSSR count). The molecule has 1 heterocycles. The minimum Gasteiger partial charge on any atom is -0.257 e. The highest BCUT2D eigenvalue weighted by Crippen LogP contribution is 2.26. The van der Waals surface area contributed by atoms with Gasteiger partial charge < -0.3 is 0 Å². The van der Waals surface area contributed by atoms with Crippen molar-refractivity contribution in [2.45, 2.75) is 19.8 Å². The lowest BCUT2D eigenvalue weighted by Gasteiger charge is -2.15. The summed E-state index contributed by atoms with van der Waals surface area (Å²) >= 11 is 16.1. The third-order valence-electron chi connectivity index (χ3n) is 3.45. The average molecular weight is 376 g/mol. The fourth-order valence-corrected chi connectivity index (χ4v) is 3.27.